The Bertz CT molecular complexity index is 1220. The topological polar surface area (TPSA) is 37.3 Å². The molecule has 5 rings (SSSR count). The van der Waals surface area contributed by atoms with Crippen LogP contribution in [-0.2, 0) is 17.6 Å². The van der Waals surface area contributed by atoms with Crippen molar-refractivity contribution in [3.8, 4) is 33.4 Å². The largest absolute Gasteiger partial charge is 0.481 e. The van der Waals surface area contributed by atoms with E-state index in [1.165, 1.54) is 33.4 Å². The molecule has 0 unspecified atom stereocenters. The summed E-state index contributed by atoms with van der Waals surface area (Å²) in [6.45, 7) is 0. The first kappa shape index (κ1) is 18.4. The lowest BCUT2D eigenvalue weighted by Gasteiger charge is -2.13. The molecule has 0 heterocycles. The maximum absolute atomic E-state index is 11.2. The molecule has 2 heteroatoms. The van der Waals surface area contributed by atoms with Crippen LogP contribution >= 0.6 is 0 Å². The highest BCUT2D eigenvalue weighted by atomic mass is 16.4. The van der Waals surface area contributed by atoms with Crippen LogP contribution < -0.4 is 0 Å². The van der Waals surface area contributed by atoms with Gasteiger partial charge in [0.2, 0.25) is 0 Å². The van der Waals surface area contributed by atoms with Gasteiger partial charge in [-0.15, -0.1) is 0 Å². The van der Waals surface area contributed by atoms with Gasteiger partial charge in [0, 0.05) is 6.42 Å². The molecule has 1 N–H and O–H groups in total. The number of hydrogen-bond donors (Lipinski definition) is 1. The molecule has 146 valence electrons. The molecule has 0 bridgehead atoms. The Morgan fingerprint density at radius 2 is 1.33 bits per heavy atom. The number of aryl methyl sites for hydroxylation is 1. The SMILES string of the molecule is O=C(O)CCc1cc(-c2ccccc2)cc2c1Cc1ccc(-c3ccccc3)cc1-2. The smallest absolute Gasteiger partial charge is 0.303 e. The summed E-state index contributed by atoms with van der Waals surface area (Å²) < 4.78 is 0. The molecule has 1 aliphatic rings. The molecule has 0 aromatic heterocycles. The Kier molecular flexibility index (Phi) is 4.68. The highest BCUT2D eigenvalue weighted by Crippen LogP contribution is 2.43. The Hall–Kier alpha value is -3.65. The number of carboxylic acid groups (broad SMARTS) is 1. The van der Waals surface area contributed by atoms with Gasteiger partial charge in [-0.25, -0.2) is 0 Å². The van der Waals surface area contributed by atoms with E-state index in [0.29, 0.717) is 6.42 Å². The number of fused-ring (bicyclic) bond motifs is 3. The van der Waals surface area contributed by atoms with E-state index >= 15 is 0 Å². The number of carboxylic acids is 1. The first-order chi connectivity index (χ1) is 14.7. The second kappa shape index (κ2) is 7.64. The third-order valence-corrected chi connectivity index (χ3v) is 5.93. The van der Waals surface area contributed by atoms with Crippen LogP contribution in [0, 0.1) is 0 Å². The van der Waals surface area contributed by atoms with Crippen molar-refractivity contribution in [3.63, 3.8) is 0 Å². The summed E-state index contributed by atoms with van der Waals surface area (Å²) >= 11 is 0. The number of aliphatic carboxylic acids is 1. The molecule has 30 heavy (non-hydrogen) atoms. The Morgan fingerprint density at radius 3 is 2.00 bits per heavy atom. The second-order valence-corrected chi connectivity index (χ2v) is 7.84. The number of rotatable bonds is 5. The van der Waals surface area contributed by atoms with Crippen LogP contribution in [0.2, 0.25) is 0 Å². The number of hydrogen-bond acceptors (Lipinski definition) is 1. The summed E-state index contributed by atoms with van der Waals surface area (Å²) in [5.41, 5.74) is 11.0. The lowest BCUT2D eigenvalue weighted by atomic mass is 9.92. The van der Waals surface area contributed by atoms with E-state index in [-0.39, 0.29) is 6.42 Å². The normalized spacial score (nSPS) is 11.7. The lowest BCUT2D eigenvalue weighted by Crippen LogP contribution is -2.01. The van der Waals surface area contributed by atoms with Crippen molar-refractivity contribution in [2.75, 3.05) is 0 Å². The van der Waals surface area contributed by atoms with Gasteiger partial charge < -0.3 is 5.11 Å². The first-order valence-corrected chi connectivity index (χ1v) is 10.3. The van der Waals surface area contributed by atoms with Gasteiger partial charge in [-0.1, -0.05) is 78.9 Å². The summed E-state index contributed by atoms with van der Waals surface area (Å²) in [5.74, 6) is -0.754. The Labute approximate surface area is 176 Å². The zero-order valence-corrected chi connectivity index (χ0v) is 16.6. The van der Waals surface area contributed by atoms with Crippen molar-refractivity contribution in [1.29, 1.82) is 0 Å². The first-order valence-electron chi connectivity index (χ1n) is 10.3. The predicted molar refractivity (Wildman–Crippen MR) is 122 cm³/mol. The van der Waals surface area contributed by atoms with Crippen LogP contribution in [0.4, 0.5) is 0 Å². The highest BCUT2D eigenvalue weighted by molar-refractivity contribution is 5.86. The monoisotopic (exact) mass is 390 g/mol. The van der Waals surface area contributed by atoms with Gasteiger partial charge >= 0.3 is 5.97 Å². The summed E-state index contributed by atoms with van der Waals surface area (Å²) in [6.07, 6.45) is 1.57. The highest BCUT2D eigenvalue weighted by Gasteiger charge is 2.23. The Balaban J connectivity index is 1.65. The summed E-state index contributed by atoms with van der Waals surface area (Å²) in [5, 5.41) is 9.25. The fourth-order valence-corrected chi connectivity index (χ4v) is 4.43. The molecule has 1 aliphatic carbocycles. The van der Waals surface area contributed by atoms with Crippen molar-refractivity contribution in [2.24, 2.45) is 0 Å². The second-order valence-electron chi connectivity index (χ2n) is 7.84. The molecule has 0 atom stereocenters. The van der Waals surface area contributed by atoms with Crippen LogP contribution in [0.3, 0.4) is 0 Å². The summed E-state index contributed by atoms with van der Waals surface area (Å²) in [7, 11) is 0. The maximum Gasteiger partial charge on any atom is 0.303 e. The maximum atomic E-state index is 11.2. The van der Waals surface area contributed by atoms with E-state index in [0.717, 1.165) is 23.1 Å². The van der Waals surface area contributed by atoms with Gasteiger partial charge in [0.25, 0.3) is 0 Å². The average Bonchev–Trinajstić information content (AvgIpc) is 3.16. The zero-order chi connectivity index (χ0) is 20.5. The van der Waals surface area contributed by atoms with E-state index in [4.69, 9.17) is 0 Å². The molecule has 0 fully saturated rings. The van der Waals surface area contributed by atoms with E-state index in [9.17, 15) is 9.90 Å². The van der Waals surface area contributed by atoms with E-state index in [2.05, 4.69) is 66.7 Å². The third-order valence-electron chi connectivity index (χ3n) is 5.93. The quantitative estimate of drug-likeness (QED) is 0.367. The van der Waals surface area contributed by atoms with Gasteiger partial charge in [0.1, 0.15) is 0 Å². The Morgan fingerprint density at radius 1 is 0.700 bits per heavy atom. The summed E-state index contributed by atoms with van der Waals surface area (Å²) in [4.78, 5) is 11.2. The lowest BCUT2D eigenvalue weighted by molar-refractivity contribution is -0.136. The van der Waals surface area contributed by atoms with E-state index in [1.807, 2.05) is 24.3 Å². The van der Waals surface area contributed by atoms with Crippen LogP contribution in [0.1, 0.15) is 23.1 Å². The minimum Gasteiger partial charge on any atom is -0.481 e. The van der Waals surface area contributed by atoms with Gasteiger partial charge in [-0.3, -0.25) is 4.79 Å². The molecule has 0 amide bonds. The zero-order valence-electron chi connectivity index (χ0n) is 16.6. The van der Waals surface area contributed by atoms with Crippen LogP contribution in [0.5, 0.6) is 0 Å². The van der Waals surface area contributed by atoms with Crippen LogP contribution in [0.25, 0.3) is 33.4 Å². The molecule has 0 aliphatic heterocycles. The molecule has 2 nitrogen and oxygen atoms in total. The molecular weight excluding hydrogens is 368 g/mol. The van der Waals surface area contributed by atoms with Gasteiger partial charge in [0.15, 0.2) is 0 Å². The molecule has 0 spiro atoms. The van der Waals surface area contributed by atoms with Crippen molar-refractivity contribution >= 4 is 5.97 Å². The van der Waals surface area contributed by atoms with Crippen LogP contribution in [0.15, 0.2) is 91.0 Å². The third kappa shape index (κ3) is 3.42. The standard InChI is InChI=1S/C28H22O2/c29-28(30)14-13-22-15-24(20-9-5-2-6-10-20)18-27-25-16-21(19-7-3-1-4-8-19)11-12-23(25)17-26(22)27/h1-12,15-16,18H,13-14,17H2,(H,29,30). The molecule has 0 radical (unpaired) electrons. The van der Waals surface area contributed by atoms with Crippen molar-refractivity contribution < 1.29 is 9.90 Å². The average molecular weight is 390 g/mol. The van der Waals surface area contributed by atoms with Crippen molar-refractivity contribution in [3.05, 3.63) is 108 Å². The molecule has 0 saturated heterocycles. The predicted octanol–water partition coefficient (Wildman–Crippen LogP) is 6.61. The van der Waals surface area contributed by atoms with Gasteiger partial charge in [-0.2, -0.15) is 0 Å². The van der Waals surface area contributed by atoms with E-state index < -0.39 is 5.97 Å². The van der Waals surface area contributed by atoms with Crippen LogP contribution in [-0.4, -0.2) is 11.1 Å². The summed E-state index contributed by atoms with van der Waals surface area (Å²) in [6, 6.07) is 31.9. The fraction of sp³-hybridized carbons (Fsp3) is 0.107. The molecule has 4 aromatic rings. The van der Waals surface area contributed by atoms with Crippen molar-refractivity contribution in [1.82, 2.24) is 0 Å². The minimum absolute atomic E-state index is 0.149. The fourth-order valence-electron chi connectivity index (χ4n) is 4.43. The van der Waals surface area contributed by atoms with Gasteiger partial charge in [0.05, 0.1) is 0 Å². The van der Waals surface area contributed by atoms with E-state index in [1.54, 1.807) is 0 Å². The molecule has 0 saturated carbocycles. The number of carbonyl (C=O) groups is 1. The van der Waals surface area contributed by atoms with Gasteiger partial charge in [-0.05, 0) is 75.0 Å². The van der Waals surface area contributed by atoms with Crippen molar-refractivity contribution in [2.45, 2.75) is 19.3 Å². The molecular formula is C28H22O2. The number of benzene rings is 4. The molecule has 4 aromatic carbocycles. The minimum atomic E-state index is -0.754.